The molecule has 0 bridgehead atoms. The number of aromatic nitrogens is 2. The van der Waals surface area contributed by atoms with Gasteiger partial charge >= 0.3 is 0 Å². The number of nitrogens with zero attached hydrogens (tertiary/aromatic N) is 4. The lowest BCUT2D eigenvalue weighted by atomic mass is 10.1. The summed E-state index contributed by atoms with van der Waals surface area (Å²) in [5.41, 5.74) is 0. The molecular weight excluding hydrogens is 280 g/mol. The molecule has 3 heterocycles. The van der Waals surface area contributed by atoms with E-state index in [1.807, 2.05) is 0 Å². The molecule has 3 rings (SSSR count). The van der Waals surface area contributed by atoms with Gasteiger partial charge in [-0.1, -0.05) is 0 Å². The minimum absolute atomic E-state index is 0.414. The third kappa shape index (κ3) is 4.08. The van der Waals surface area contributed by atoms with Crippen molar-refractivity contribution in [3.05, 3.63) is 12.4 Å². The van der Waals surface area contributed by atoms with Crippen molar-refractivity contribution in [3.63, 3.8) is 0 Å². The van der Waals surface area contributed by atoms with Gasteiger partial charge in [0.2, 0.25) is 0 Å². The first-order valence-corrected chi connectivity index (χ1v) is 8.30. The highest BCUT2D eigenvalue weighted by molar-refractivity contribution is 5.49. The molecule has 1 aromatic rings. The number of anilines is 2. The fraction of sp³-hybridized carbons (Fsp3) is 0.750. The van der Waals surface area contributed by atoms with Gasteiger partial charge in [-0.05, 0) is 25.7 Å². The van der Waals surface area contributed by atoms with Crippen LogP contribution in [-0.4, -0.2) is 62.6 Å². The molecule has 0 amide bonds. The highest BCUT2D eigenvalue weighted by Crippen LogP contribution is 2.20. The molecule has 122 valence electrons. The van der Waals surface area contributed by atoms with Crippen molar-refractivity contribution >= 4 is 11.6 Å². The molecule has 1 aromatic heterocycles. The third-order valence-corrected chi connectivity index (χ3v) is 4.42. The molecule has 22 heavy (non-hydrogen) atoms. The Morgan fingerprint density at radius 2 is 2.09 bits per heavy atom. The van der Waals surface area contributed by atoms with Gasteiger partial charge in [0.1, 0.15) is 18.0 Å². The number of rotatable bonds is 5. The van der Waals surface area contributed by atoms with Gasteiger partial charge in [0.25, 0.3) is 0 Å². The van der Waals surface area contributed by atoms with E-state index in [1.54, 1.807) is 6.33 Å². The Bertz CT molecular complexity index is 459. The van der Waals surface area contributed by atoms with Crippen molar-refractivity contribution in [1.82, 2.24) is 9.97 Å². The predicted octanol–water partition coefficient (Wildman–Crippen LogP) is 1.71. The topological polar surface area (TPSA) is 50.7 Å². The molecule has 1 atom stereocenters. The number of hydrogen-bond acceptors (Lipinski definition) is 6. The first-order valence-electron chi connectivity index (χ1n) is 8.30. The predicted molar refractivity (Wildman–Crippen MR) is 86.5 cm³/mol. The lowest BCUT2D eigenvalue weighted by molar-refractivity contribution is 0.0126. The molecule has 0 radical (unpaired) electrons. The van der Waals surface area contributed by atoms with E-state index in [-0.39, 0.29) is 0 Å². The third-order valence-electron chi connectivity index (χ3n) is 4.42. The summed E-state index contributed by atoms with van der Waals surface area (Å²) >= 11 is 0. The van der Waals surface area contributed by atoms with Crippen molar-refractivity contribution in [3.8, 4) is 0 Å². The number of ether oxygens (including phenoxy) is 2. The van der Waals surface area contributed by atoms with Crippen LogP contribution in [0.2, 0.25) is 0 Å². The Morgan fingerprint density at radius 1 is 1.23 bits per heavy atom. The second-order valence-electron chi connectivity index (χ2n) is 6.03. The van der Waals surface area contributed by atoms with Gasteiger partial charge < -0.3 is 19.3 Å². The zero-order chi connectivity index (χ0) is 15.2. The first-order chi connectivity index (χ1) is 10.8. The Morgan fingerprint density at radius 3 is 2.86 bits per heavy atom. The molecule has 2 saturated heterocycles. The van der Waals surface area contributed by atoms with Crippen molar-refractivity contribution in [2.45, 2.75) is 31.8 Å². The minimum atomic E-state index is 0.414. The minimum Gasteiger partial charge on any atom is -0.378 e. The zero-order valence-electron chi connectivity index (χ0n) is 13.4. The Balaban J connectivity index is 1.56. The van der Waals surface area contributed by atoms with Crippen LogP contribution >= 0.6 is 0 Å². The molecular formula is C16H26N4O2. The van der Waals surface area contributed by atoms with Crippen LogP contribution in [0.5, 0.6) is 0 Å². The normalized spacial score (nSPS) is 22.6. The highest BCUT2D eigenvalue weighted by Gasteiger charge is 2.16. The summed E-state index contributed by atoms with van der Waals surface area (Å²) in [4.78, 5) is 13.3. The summed E-state index contributed by atoms with van der Waals surface area (Å²) in [6, 6.07) is 2.08. The van der Waals surface area contributed by atoms with Crippen LogP contribution < -0.4 is 9.80 Å². The number of morpholine rings is 1. The van der Waals surface area contributed by atoms with Gasteiger partial charge in [-0.3, -0.25) is 0 Å². The average Bonchev–Trinajstić information content (AvgIpc) is 2.61. The molecule has 2 aliphatic rings. The van der Waals surface area contributed by atoms with Crippen molar-refractivity contribution in [2.75, 3.05) is 56.3 Å². The maximum atomic E-state index is 5.80. The fourth-order valence-electron chi connectivity index (χ4n) is 3.00. The van der Waals surface area contributed by atoms with Crippen molar-refractivity contribution in [1.29, 1.82) is 0 Å². The first kappa shape index (κ1) is 15.5. The van der Waals surface area contributed by atoms with Gasteiger partial charge in [0, 0.05) is 39.4 Å². The summed E-state index contributed by atoms with van der Waals surface area (Å²) < 4.78 is 11.2. The average molecular weight is 306 g/mol. The van der Waals surface area contributed by atoms with Gasteiger partial charge in [-0.15, -0.1) is 0 Å². The molecule has 0 N–H and O–H groups in total. The van der Waals surface area contributed by atoms with E-state index in [9.17, 15) is 0 Å². The van der Waals surface area contributed by atoms with Crippen LogP contribution in [0.1, 0.15) is 25.7 Å². The highest BCUT2D eigenvalue weighted by atomic mass is 16.5. The standard InChI is InChI=1S/C16H26N4O2/c1-19(6-5-14-4-2-3-9-22-14)15-12-16(18-13-17-15)20-7-10-21-11-8-20/h12-14H,2-11H2,1H3/t14-/m0/s1. The van der Waals surface area contributed by atoms with Gasteiger partial charge in [-0.2, -0.15) is 0 Å². The van der Waals surface area contributed by atoms with E-state index >= 15 is 0 Å². The van der Waals surface area contributed by atoms with E-state index in [1.165, 1.54) is 19.3 Å². The molecule has 0 saturated carbocycles. The Labute approximate surface area is 132 Å². The van der Waals surface area contributed by atoms with Crippen LogP contribution in [0.25, 0.3) is 0 Å². The molecule has 2 fully saturated rings. The van der Waals surface area contributed by atoms with Crippen LogP contribution in [-0.2, 0) is 9.47 Å². The van der Waals surface area contributed by atoms with E-state index < -0.39 is 0 Å². The SMILES string of the molecule is CN(CC[C@@H]1CCCCO1)c1cc(N2CCOCC2)ncn1. The smallest absolute Gasteiger partial charge is 0.134 e. The van der Waals surface area contributed by atoms with E-state index in [4.69, 9.17) is 9.47 Å². The zero-order valence-corrected chi connectivity index (χ0v) is 13.4. The molecule has 0 aliphatic carbocycles. The Kier molecular flexibility index (Phi) is 5.45. The van der Waals surface area contributed by atoms with Gasteiger partial charge in [0.15, 0.2) is 0 Å². The molecule has 0 unspecified atom stereocenters. The summed E-state index contributed by atoms with van der Waals surface area (Å²) in [6.45, 7) is 5.22. The summed E-state index contributed by atoms with van der Waals surface area (Å²) in [5.74, 6) is 1.97. The summed E-state index contributed by atoms with van der Waals surface area (Å²) in [7, 11) is 2.09. The Hall–Kier alpha value is -1.40. The molecule has 6 heteroatoms. The maximum absolute atomic E-state index is 5.80. The summed E-state index contributed by atoms with van der Waals surface area (Å²) in [5, 5.41) is 0. The van der Waals surface area contributed by atoms with Gasteiger partial charge in [-0.25, -0.2) is 9.97 Å². The van der Waals surface area contributed by atoms with Crippen LogP contribution in [0.15, 0.2) is 12.4 Å². The maximum Gasteiger partial charge on any atom is 0.134 e. The van der Waals surface area contributed by atoms with Crippen LogP contribution in [0.3, 0.4) is 0 Å². The molecule has 2 aliphatic heterocycles. The van der Waals surface area contributed by atoms with Gasteiger partial charge in [0.05, 0.1) is 19.3 Å². The van der Waals surface area contributed by atoms with Crippen LogP contribution in [0, 0.1) is 0 Å². The van der Waals surface area contributed by atoms with Crippen molar-refractivity contribution < 1.29 is 9.47 Å². The number of hydrogen-bond donors (Lipinski definition) is 0. The molecule has 0 aromatic carbocycles. The fourth-order valence-corrected chi connectivity index (χ4v) is 3.00. The van der Waals surface area contributed by atoms with E-state index in [0.29, 0.717) is 6.10 Å². The van der Waals surface area contributed by atoms with E-state index in [0.717, 1.165) is 57.5 Å². The molecule has 0 spiro atoms. The second-order valence-corrected chi connectivity index (χ2v) is 6.03. The van der Waals surface area contributed by atoms with Crippen molar-refractivity contribution in [2.24, 2.45) is 0 Å². The second kappa shape index (κ2) is 7.74. The quantitative estimate of drug-likeness (QED) is 0.825. The summed E-state index contributed by atoms with van der Waals surface area (Å²) in [6.07, 6.45) is 6.83. The molecule has 6 nitrogen and oxygen atoms in total. The lowest BCUT2D eigenvalue weighted by Crippen LogP contribution is -2.37. The van der Waals surface area contributed by atoms with Crippen LogP contribution in [0.4, 0.5) is 11.6 Å². The van der Waals surface area contributed by atoms with E-state index in [2.05, 4.69) is 32.9 Å². The monoisotopic (exact) mass is 306 g/mol. The lowest BCUT2D eigenvalue weighted by Gasteiger charge is -2.29. The largest absolute Gasteiger partial charge is 0.378 e.